The molecule has 0 spiro atoms. The second-order valence-corrected chi connectivity index (χ2v) is 8.48. The van der Waals surface area contributed by atoms with E-state index in [0.717, 1.165) is 48.1 Å². The average molecular weight is 410 g/mol. The van der Waals surface area contributed by atoms with Crippen LogP contribution < -0.4 is 5.73 Å². The number of piperidine rings is 1. The lowest BCUT2D eigenvalue weighted by atomic mass is 9.88. The molecule has 4 aromatic rings. The number of amides is 1. The Hall–Kier alpha value is -3.37. The van der Waals surface area contributed by atoms with Gasteiger partial charge in [0.25, 0.3) is 5.91 Å². The van der Waals surface area contributed by atoms with Crippen LogP contribution in [0.5, 0.6) is 0 Å². The maximum Gasteiger partial charge on any atom is 0.250 e. The zero-order valence-corrected chi connectivity index (χ0v) is 17.6. The van der Waals surface area contributed by atoms with Crippen LogP contribution in [0.1, 0.15) is 40.2 Å². The first-order valence-corrected chi connectivity index (χ1v) is 11.0. The Kier molecular flexibility index (Phi) is 5.31. The number of aromatic nitrogens is 1. The SMILES string of the molecule is NC(=O)c1cc(-c2ccccc2)cc2c(C3CCCN(Cc4ccccc4)C3)c[nH]c12. The predicted molar refractivity (Wildman–Crippen MR) is 126 cm³/mol. The van der Waals surface area contributed by atoms with E-state index >= 15 is 0 Å². The number of aromatic amines is 1. The van der Waals surface area contributed by atoms with Gasteiger partial charge in [0.05, 0.1) is 11.1 Å². The van der Waals surface area contributed by atoms with Gasteiger partial charge in [0.2, 0.25) is 0 Å². The third kappa shape index (κ3) is 3.99. The minimum absolute atomic E-state index is 0.398. The van der Waals surface area contributed by atoms with Crippen molar-refractivity contribution < 1.29 is 4.79 Å². The van der Waals surface area contributed by atoms with Gasteiger partial charge in [-0.25, -0.2) is 0 Å². The number of benzene rings is 3. The Balaban J connectivity index is 1.51. The first-order chi connectivity index (χ1) is 15.2. The van der Waals surface area contributed by atoms with Crippen molar-refractivity contribution in [2.45, 2.75) is 25.3 Å². The van der Waals surface area contributed by atoms with Crippen LogP contribution in [0.2, 0.25) is 0 Å². The van der Waals surface area contributed by atoms with E-state index in [0.29, 0.717) is 11.5 Å². The molecule has 1 amide bonds. The van der Waals surface area contributed by atoms with Crippen LogP contribution in [0.3, 0.4) is 0 Å². The number of nitrogens with one attached hydrogen (secondary N) is 1. The number of fused-ring (bicyclic) bond motifs is 1. The van der Waals surface area contributed by atoms with E-state index in [1.807, 2.05) is 24.3 Å². The van der Waals surface area contributed by atoms with Gasteiger partial charge in [-0.1, -0.05) is 60.7 Å². The highest BCUT2D eigenvalue weighted by atomic mass is 16.1. The number of H-pyrrole nitrogens is 1. The highest BCUT2D eigenvalue weighted by molar-refractivity contribution is 6.07. The second-order valence-electron chi connectivity index (χ2n) is 8.48. The molecule has 3 N–H and O–H groups in total. The summed E-state index contributed by atoms with van der Waals surface area (Å²) in [6, 6.07) is 25.0. The Morgan fingerprint density at radius 3 is 2.48 bits per heavy atom. The van der Waals surface area contributed by atoms with E-state index in [4.69, 9.17) is 5.73 Å². The quantitative estimate of drug-likeness (QED) is 0.469. The molecule has 0 saturated carbocycles. The maximum atomic E-state index is 12.2. The van der Waals surface area contributed by atoms with Crippen LogP contribution >= 0.6 is 0 Å². The fraction of sp³-hybridized carbons (Fsp3) is 0.222. The first kappa shape index (κ1) is 19.6. The van der Waals surface area contributed by atoms with Gasteiger partial charge < -0.3 is 10.7 Å². The monoisotopic (exact) mass is 409 g/mol. The van der Waals surface area contributed by atoms with Gasteiger partial charge in [0, 0.05) is 24.7 Å². The summed E-state index contributed by atoms with van der Waals surface area (Å²) < 4.78 is 0. The van der Waals surface area contributed by atoms with Gasteiger partial charge in [-0.2, -0.15) is 0 Å². The van der Waals surface area contributed by atoms with Crippen LogP contribution in [0.25, 0.3) is 22.0 Å². The standard InChI is InChI=1S/C27H27N3O/c28-27(31)24-15-22(20-10-5-2-6-11-20)14-23-25(16-29-26(23)24)21-12-7-13-30(18-21)17-19-8-3-1-4-9-19/h1-6,8-11,14-16,21,29H,7,12-13,17-18H2,(H2,28,31). The normalized spacial score (nSPS) is 17.1. The van der Waals surface area contributed by atoms with Crippen LogP contribution in [-0.4, -0.2) is 28.9 Å². The molecular formula is C27H27N3O. The molecule has 1 unspecified atom stereocenters. The van der Waals surface area contributed by atoms with Gasteiger partial charge in [-0.3, -0.25) is 9.69 Å². The van der Waals surface area contributed by atoms with Gasteiger partial charge in [-0.05, 0) is 59.7 Å². The van der Waals surface area contributed by atoms with Gasteiger partial charge in [0.15, 0.2) is 0 Å². The van der Waals surface area contributed by atoms with Crippen LogP contribution in [0.15, 0.2) is 79.0 Å². The molecule has 1 aromatic heterocycles. The zero-order valence-electron chi connectivity index (χ0n) is 17.6. The van der Waals surface area contributed by atoms with E-state index in [1.54, 1.807) is 0 Å². The summed E-state index contributed by atoms with van der Waals surface area (Å²) in [6.07, 6.45) is 4.41. The third-order valence-corrected chi connectivity index (χ3v) is 6.39. The number of carbonyl (C=O) groups is 1. The molecule has 0 bridgehead atoms. The number of primary amides is 1. The van der Waals surface area contributed by atoms with E-state index in [9.17, 15) is 4.79 Å². The largest absolute Gasteiger partial charge is 0.366 e. The number of rotatable bonds is 5. The lowest BCUT2D eigenvalue weighted by molar-refractivity contribution is 0.100. The molecular weight excluding hydrogens is 382 g/mol. The molecule has 3 aromatic carbocycles. The molecule has 5 rings (SSSR count). The Morgan fingerprint density at radius 2 is 1.74 bits per heavy atom. The van der Waals surface area contributed by atoms with E-state index in [-0.39, 0.29) is 0 Å². The highest BCUT2D eigenvalue weighted by Crippen LogP contribution is 2.36. The summed E-state index contributed by atoms with van der Waals surface area (Å²) in [6.45, 7) is 3.11. The number of carbonyl (C=O) groups excluding carboxylic acids is 1. The summed E-state index contributed by atoms with van der Waals surface area (Å²) in [5.41, 5.74) is 11.9. The molecule has 2 heterocycles. The van der Waals surface area contributed by atoms with Crippen molar-refractivity contribution >= 4 is 16.8 Å². The molecule has 1 fully saturated rings. The maximum absolute atomic E-state index is 12.2. The lowest BCUT2D eigenvalue weighted by Crippen LogP contribution is -2.33. The predicted octanol–water partition coefficient (Wildman–Crippen LogP) is 5.31. The molecule has 1 atom stereocenters. The molecule has 1 aliphatic rings. The minimum Gasteiger partial charge on any atom is -0.366 e. The van der Waals surface area contributed by atoms with E-state index < -0.39 is 5.91 Å². The zero-order chi connectivity index (χ0) is 21.2. The average Bonchev–Trinajstić information content (AvgIpc) is 3.24. The summed E-state index contributed by atoms with van der Waals surface area (Å²) >= 11 is 0. The summed E-state index contributed by atoms with van der Waals surface area (Å²) in [4.78, 5) is 18.1. The second kappa shape index (κ2) is 8.40. The molecule has 1 aliphatic heterocycles. The van der Waals surface area contributed by atoms with Crippen molar-refractivity contribution in [1.29, 1.82) is 0 Å². The number of hydrogen-bond acceptors (Lipinski definition) is 2. The number of nitrogens with zero attached hydrogens (tertiary/aromatic N) is 1. The van der Waals surface area contributed by atoms with Crippen LogP contribution in [0.4, 0.5) is 0 Å². The lowest BCUT2D eigenvalue weighted by Gasteiger charge is -2.32. The Morgan fingerprint density at radius 1 is 1.00 bits per heavy atom. The van der Waals surface area contributed by atoms with Crippen LogP contribution in [0, 0.1) is 0 Å². The number of hydrogen-bond donors (Lipinski definition) is 2. The van der Waals surface area contributed by atoms with Crippen molar-refractivity contribution in [3.63, 3.8) is 0 Å². The number of nitrogens with two attached hydrogens (primary N) is 1. The summed E-state index contributed by atoms with van der Waals surface area (Å²) in [5.74, 6) is 0.0310. The highest BCUT2D eigenvalue weighted by Gasteiger charge is 2.25. The van der Waals surface area contributed by atoms with Gasteiger partial charge >= 0.3 is 0 Å². The summed E-state index contributed by atoms with van der Waals surface area (Å²) in [7, 11) is 0. The molecule has 156 valence electrons. The Bertz CT molecular complexity index is 1200. The van der Waals surface area contributed by atoms with Crippen molar-refractivity contribution in [2.75, 3.05) is 13.1 Å². The number of likely N-dealkylation sites (tertiary alicyclic amines) is 1. The molecule has 31 heavy (non-hydrogen) atoms. The molecule has 4 nitrogen and oxygen atoms in total. The summed E-state index contributed by atoms with van der Waals surface area (Å²) in [5, 5.41) is 1.11. The molecule has 0 aliphatic carbocycles. The topological polar surface area (TPSA) is 62.1 Å². The van der Waals surface area contributed by atoms with Crippen molar-refractivity contribution in [2.24, 2.45) is 5.73 Å². The van der Waals surface area contributed by atoms with Gasteiger partial charge in [0.1, 0.15) is 0 Å². The minimum atomic E-state index is -0.398. The Labute approximate surface area is 182 Å². The third-order valence-electron chi connectivity index (χ3n) is 6.39. The van der Waals surface area contributed by atoms with E-state index in [1.165, 1.54) is 17.5 Å². The molecule has 1 saturated heterocycles. The molecule has 4 heteroatoms. The van der Waals surface area contributed by atoms with Crippen molar-refractivity contribution in [1.82, 2.24) is 9.88 Å². The smallest absolute Gasteiger partial charge is 0.250 e. The molecule has 0 radical (unpaired) electrons. The van der Waals surface area contributed by atoms with Gasteiger partial charge in [-0.15, -0.1) is 0 Å². The van der Waals surface area contributed by atoms with Crippen LogP contribution in [-0.2, 0) is 6.54 Å². The fourth-order valence-electron chi connectivity index (χ4n) is 4.88. The van der Waals surface area contributed by atoms with Crippen molar-refractivity contribution in [3.05, 3.63) is 95.7 Å². The van der Waals surface area contributed by atoms with E-state index in [2.05, 4.69) is 64.6 Å². The first-order valence-electron chi connectivity index (χ1n) is 11.0. The van der Waals surface area contributed by atoms with Crippen molar-refractivity contribution in [3.8, 4) is 11.1 Å². The fourth-order valence-corrected chi connectivity index (χ4v) is 4.88.